The first-order chi connectivity index (χ1) is 10.7. The Morgan fingerprint density at radius 3 is 2.00 bits per heavy atom. The molecule has 0 radical (unpaired) electrons. The van der Waals surface area contributed by atoms with Gasteiger partial charge in [-0.1, -0.05) is 11.6 Å². The molecule has 0 aliphatic rings. The van der Waals surface area contributed by atoms with E-state index in [1.54, 1.807) is 0 Å². The molecule has 2 rings (SSSR count). The summed E-state index contributed by atoms with van der Waals surface area (Å²) in [6.45, 7) is 0. The van der Waals surface area contributed by atoms with Crippen LogP contribution in [0.1, 0.15) is 11.3 Å². The van der Waals surface area contributed by atoms with Crippen LogP contribution in [0.4, 0.5) is 39.5 Å². The van der Waals surface area contributed by atoms with Crippen LogP contribution in [0.3, 0.4) is 0 Å². The molecule has 0 atom stereocenters. The maximum atomic E-state index is 13.8. The molecule has 0 saturated carbocycles. The van der Waals surface area contributed by atoms with Gasteiger partial charge in [-0.05, 0) is 12.1 Å². The fourth-order valence-electron chi connectivity index (χ4n) is 1.73. The van der Waals surface area contributed by atoms with Crippen LogP contribution in [-0.4, -0.2) is 15.7 Å². The Kier molecular flexibility index (Phi) is 4.28. The summed E-state index contributed by atoms with van der Waals surface area (Å²) >= 11 is 5.49. The predicted octanol–water partition coefficient (Wildman–Crippen LogP) is 5.34. The van der Waals surface area contributed by atoms with Crippen LogP contribution in [0.2, 0.25) is 5.02 Å². The minimum absolute atomic E-state index is 0.0305. The Morgan fingerprint density at radius 1 is 0.958 bits per heavy atom. The summed E-state index contributed by atoms with van der Waals surface area (Å²) in [5.41, 5.74) is -4.05. The van der Waals surface area contributed by atoms with E-state index in [0.717, 1.165) is 0 Å². The van der Waals surface area contributed by atoms with Crippen molar-refractivity contribution in [2.75, 3.05) is 0 Å². The highest BCUT2D eigenvalue weighted by molar-refractivity contribution is 6.32. The lowest BCUT2D eigenvalue weighted by Gasteiger charge is -2.17. The molecule has 1 aromatic heterocycles. The first-order valence-corrected chi connectivity index (χ1v) is 6.18. The summed E-state index contributed by atoms with van der Waals surface area (Å²) in [7, 11) is 0. The molecule has 0 bridgehead atoms. The first kappa shape index (κ1) is 18.4. The SMILES string of the molecule is Fc1cc(C(F)(F)F)cc(Cl)c1-n1cnc(C(F)(F)C(F)(F)F)c1. The van der Waals surface area contributed by atoms with Crippen molar-refractivity contribution < 1.29 is 39.5 Å². The fraction of sp³-hybridized carbons (Fsp3) is 0.250. The van der Waals surface area contributed by atoms with Crippen LogP contribution >= 0.6 is 11.6 Å². The van der Waals surface area contributed by atoms with Crippen molar-refractivity contribution in [2.24, 2.45) is 0 Å². The van der Waals surface area contributed by atoms with Crippen LogP contribution in [-0.2, 0) is 12.1 Å². The second kappa shape index (κ2) is 5.57. The van der Waals surface area contributed by atoms with Crippen molar-refractivity contribution in [1.29, 1.82) is 0 Å². The number of benzene rings is 1. The number of imidazole rings is 1. The Labute approximate surface area is 132 Å². The lowest BCUT2D eigenvalue weighted by Crippen LogP contribution is -2.34. The molecule has 1 heterocycles. The molecule has 0 saturated heterocycles. The molecule has 132 valence electrons. The molecule has 0 N–H and O–H groups in total. The fourth-order valence-corrected chi connectivity index (χ4v) is 2.03. The summed E-state index contributed by atoms with van der Waals surface area (Å²) in [4.78, 5) is 2.83. The van der Waals surface area contributed by atoms with E-state index in [-0.39, 0.29) is 12.3 Å². The quantitative estimate of drug-likeness (QED) is 0.641. The zero-order valence-corrected chi connectivity index (χ0v) is 11.7. The van der Waals surface area contributed by atoms with Crippen LogP contribution in [0.5, 0.6) is 0 Å². The van der Waals surface area contributed by atoms with Crippen molar-refractivity contribution in [3.63, 3.8) is 0 Å². The van der Waals surface area contributed by atoms with Crippen LogP contribution in [0.15, 0.2) is 24.7 Å². The van der Waals surface area contributed by atoms with Crippen molar-refractivity contribution >= 4 is 11.6 Å². The molecule has 0 fully saturated rings. The molecule has 0 spiro atoms. The summed E-state index contributed by atoms with van der Waals surface area (Å²) in [5, 5.41) is -0.846. The average Bonchev–Trinajstić information content (AvgIpc) is 2.85. The third-order valence-electron chi connectivity index (χ3n) is 2.86. The van der Waals surface area contributed by atoms with Gasteiger partial charge >= 0.3 is 18.3 Å². The normalized spacial score (nSPS) is 13.4. The highest BCUT2D eigenvalue weighted by Gasteiger charge is 2.60. The Morgan fingerprint density at radius 2 is 1.54 bits per heavy atom. The number of halogens is 10. The minimum atomic E-state index is -5.95. The largest absolute Gasteiger partial charge is 0.459 e. The van der Waals surface area contributed by atoms with E-state index in [2.05, 4.69) is 4.98 Å². The molecule has 1 aromatic carbocycles. The summed E-state index contributed by atoms with van der Waals surface area (Å²) in [6.07, 6.45) is -10.4. The van der Waals surface area contributed by atoms with Gasteiger partial charge in [0, 0.05) is 6.20 Å². The van der Waals surface area contributed by atoms with Gasteiger partial charge in [0.1, 0.15) is 17.2 Å². The molecule has 24 heavy (non-hydrogen) atoms. The number of nitrogens with zero attached hydrogens (tertiary/aromatic N) is 2. The van der Waals surface area contributed by atoms with E-state index >= 15 is 0 Å². The molecule has 0 amide bonds. The smallest absolute Gasteiger partial charge is 0.302 e. The Bertz CT molecular complexity index is 738. The van der Waals surface area contributed by atoms with E-state index in [4.69, 9.17) is 11.6 Å². The van der Waals surface area contributed by atoms with Gasteiger partial charge in [-0.3, -0.25) is 0 Å². The second-order valence-electron chi connectivity index (χ2n) is 4.52. The molecule has 0 aliphatic carbocycles. The first-order valence-electron chi connectivity index (χ1n) is 5.81. The Hall–Kier alpha value is -1.91. The van der Waals surface area contributed by atoms with Gasteiger partial charge in [-0.25, -0.2) is 9.37 Å². The second-order valence-corrected chi connectivity index (χ2v) is 4.93. The van der Waals surface area contributed by atoms with E-state index in [1.165, 1.54) is 0 Å². The molecule has 0 unspecified atom stereocenters. The van der Waals surface area contributed by atoms with Crippen LogP contribution in [0.25, 0.3) is 5.69 Å². The zero-order valence-electron chi connectivity index (χ0n) is 11.0. The van der Waals surface area contributed by atoms with Gasteiger partial charge in [-0.15, -0.1) is 0 Å². The van der Waals surface area contributed by atoms with Crippen LogP contribution < -0.4 is 0 Å². The van der Waals surface area contributed by atoms with Crippen molar-refractivity contribution in [3.05, 3.63) is 46.8 Å². The van der Waals surface area contributed by atoms with Crippen molar-refractivity contribution in [3.8, 4) is 5.69 Å². The highest BCUT2D eigenvalue weighted by Crippen LogP contribution is 2.43. The van der Waals surface area contributed by atoms with E-state index in [0.29, 0.717) is 17.0 Å². The number of aromatic nitrogens is 2. The molecular weight excluding hydrogens is 379 g/mol. The van der Waals surface area contributed by atoms with Crippen molar-refractivity contribution in [1.82, 2.24) is 9.55 Å². The van der Waals surface area contributed by atoms with Gasteiger partial charge in [-0.2, -0.15) is 35.1 Å². The zero-order chi connectivity index (χ0) is 18.5. The molecular formula is C12H4ClF9N2. The van der Waals surface area contributed by atoms with Gasteiger partial charge in [0.15, 0.2) is 0 Å². The minimum Gasteiger partial charge on any atom is -0.302 e. The summed E-state index contributed by atoms with van der Waals surface area (Å²) < 4.78 is 115. The molecule has 2 nitrogen and oxygen atoms in total. The Balaban J connectivity index is 2.52. The van der Waals surface area contributed by atoms with Gasteiger partial charge < -0.3 is 4.57 Å². The topological polar surface area (TPSA) is 17.8 Å². The average molecular weight is 383 g/mol. The molecule has 2 aromatic rings. The monoisotopic (exact) mass is 382 g/mol. The lowest BCUT2D eigenvalue weighted by atomic mass is 10.2. The maximum Gasteiger partial charge on any atom is 0.459 e. The van der Waals surface area contributed by atoms with Crippen LogP contribution in [0, 0.1) is 5.82 Å². The predicted molar refractivity (Wildman–Crippen MR) is 63.5 cm³/mol. The number of rotatable bonds is 2. The van der Waals surface area contributed by atoms with E-state index < -0.39 is 46.1 Å². The number of hydrogen-bond acceptors (Lipinski definition) is 1. The highest BCUT2D eigenvalue weighted by atomic mass is 35.5. The van der Waals surface area contributed by atoms with Crippen molar-refractivity contribution in [2.45, 2.75) is 18.3 Å². The third-order valence-corrected chi connectivity index (χ3v) is 3.15. The number of alkyl halides is 8. The van der Waals surface area contributed by atoms with E-state index in [1.807, 2.05) is 0 Å². The van der Waals surface area contributed by atoms with Gasteiger partial charge in [0.2, 0.25) is 0 Å². The maximum absolute atomic E-state index is 13.8. The van der Waals surface area contributed by atoms with E-state index in [9.17, 15) is 39.5 Å². The summed E-state index contributed by atoms with van der Waals surface area (Å²) in [6, 6.07) is 0.338. The summed E-state index contributed by atoms with van der Waals surface area (Å²) in [5.74, 6) is -6.90. The lowest BCUT2D eigenvalue weighted by molar-refractivity contribution is -0.290. The molecule has 12 heteroatoms. The van der Waals surface area contributed by atoms with Gasteiger partial charge in [0.05, 0.1) is 16.9 Å². The molecule has 0 aliphatic heterocycles. The number of hydrogen-bond donors (Lipinski definition) is 0. The standard InChI is InChI=1S/C12H4ClF9N2/c13-6-1-5(11(17,18)19)2-7(14)9(6)24-3-8(23-4-24)10(15,16)12(20,21)22/h1-4H. The third kappa shape index (κ3) is 3.17. The van der Waals surface area contributed by atoms with Gasteiger partial charge in [0.25, 0.3) is 0 Å².